The van der Waals surface area contributed by atoms with Crippen LogP contribution in [0.25, 0.3) is 0 Å². The number of hydrogen-bond donors (Lipinski definition) is 0. The van der Waals surface area contributed by atoms with Gasteiger partial charge in [-0.15, -0.1) is 13.2 Å². The van der Waals surface area contributed by atoms with Crippen LogP contribution in [0.2, 0.25) is 0 Å². The third-order valence-electron chi connectivity index (χ3n) is 2.81. The molecule has 0 aliphatic carbocycles. The number of carbonyl (C=O) groups is 1. The van der Waals surface area contributed by atoms with Crippen LogP contribution in [-0.2, 0) is 19.0 Å². The summed E-state index contributed by atoms with van der Waals surface area (Å²) < 4.78 is 254. The molecule has 34 heavy (non-hydrogen) atoms. The molecule has 4 nitrogen and oxygen atoms in total. The van der Waals surface area contributed by atoms with Gasteiger partial charge in [-0.25, -0.2) is 9.53 Å². The Morgan fingerprint density at radius 3 is 1.09 bits per heavy atom. The normalized spacial score (nSPS) is 17.4. The van der Waals surface area contributed by atoms with Gasteiger partial charge in [-0.2, -0.15) is 74.6 Å². The van der Waals surface area contributed by atoms with E-state index in [1.807, 2.05) is 0 Å². The monoisotopic (exact) mass is 564 g/mol. The molecule has 0 aromatic rings. The molecule has 0 aliphatic rings. The predicted molar refractivity (Wildman–Crippen MR) is 55.0 cm³/mol. The van der Waals surface area contributed by atoms with E-state index in [1.54, 1.807) is 0 Å². The van der Waals surface area contributed by atoms with Crippen LogP contribution in [0.15, 0.2) is 0 Å². The molecular formula is C10F20O4. The van der Waals surface area contributed by atoms with Gasteiger partial charge < -0.3 is 4.74 Å². The lowest BCUT2D eigenvalue weighted by Gasteiger charge is -2.35. The fourth-order valence-corrected chi connectivity index (χ4v) is 1.25. The molecule has 0 amide bonds. The first-order valence-corrected chi connectivity index (χ1v) is 6.71. The molecule has 0 aromatic carbocycles. The van der Waals surface area contributed by atoms with E-state index >= 15 is 0 Å². The summed E-state index contributed by atoms with van der Waals surface area (Å²) in [5.41, 5.74) is 0. The lowest BCUT2D eigenvalue weighted by atomic mass is 10.2. The van der Waals surface area contributed by atoms with Crippen LogP contribution in [0.4, 0.5) is 87.8 Å². The molecule has 0 spiro atoms. The number of halogens is 20. The molecular weight excluding hydrogens is 564 g/mol. The molecule has 24 heteroatoms. The highest BCUT2D eigenvalue weighted by molar-refractivity contribution is 5.79. The van der Waals surface area contributed by atoms with Crippen molar-refractivity contribution in [3.63, 3.8) is 0 Å². The van der Waals surface area contributed by atoms with E-state index in [2.05, 4.69) is 0 Å². The van der Waals surface area contributed by atoms with E-state index in [0.717, 1.165) is 0 Å². The fraction of sp³-hybridized carbons (Fsp3) is 0.900. The van der Waals surface area contributed by atoms with Crippen LogP contribution in [0.1, 0.15) is 0 Å². The lowest BCUT2D eigenvalue weighted by molar-refractivity contribution is -0.507. The first-order valence-electron chi connectivity index (χ1n) is 6.71. The Kier molecular flexibility index (Phi) is 7.80. The molecule has 0 saturated carbocycles. The second-order valence-electron chi connectivity index (χ2n) is 5.33. The van der Waals surface area contributed by atoms with E-state index in [-0.39, 0.29) is 0 Å². The Morgan fingerprint density at radius 1 is 0.441 bits per heavy atom. The van der Waals surface area contributed by atoms with Gasteiger partial charge in [-0.05, 0) is 0 Å². The minimum Gasteiger partial charge on any atom is -0.391 e. The van der Waals surface area contributed by atoms with Crippen molar-refractivity contribution in [2.45, 2.75) is 54.7 Å². The second-order valence-corrected chi connectivity index (χ2v) is 5.33. The standard InChI is InChI=1S/C10F20O4/c11-2(5(16,17)18,33-8(24,25)3(12,13)6(19,20)21)1(31)32-7(22,23)4(14,15)9(26,27)34-10(28,29)30. The van der Waals surface area contributed by atoms with Crippen LogP contribution in [0.3, 0.4) is 0 Å². The van der Waals surface area contributed by atoms with E-state index < -0.39 is 60.7 Å². The Morgan fingerprint density at radius 2 is 0.794 bits per heavy atom. The van der Waals surface area contributed by atoms with E-state index in [0.29, 0.717) is 0 Å². The maximum absolute atomic E-state index is 13.6. The molecule has 0 aromatic heterocycles. The Balaban J connectivity index is 6.40. The van der Waals surface area contributed by atoms with Crippen molar-refractivity contribution < 1.29 is 107 Å². The minimum atomic E-state index is -7.93. The lowest BCUT2D eigenvalue weighted by Crippen LogP contribution is -2.64. The zero-order valence-electron chi connectivity index (χ0n) is 14.2. The summed E-state index contributed by atoms with van der Waals surface area (Å²) in [4.78, 5) is 10.8. The van der Waals surface area contributed by atoms with Crippen molar-refractivity contribution in [2.24, 2.45) is 0 Å². The van der Waals surface area contributed by atoms with Crippen molar-refractivity contribution in [3.05, 3.63) is 0 Å². The van der Waals surface area contributed by atoms with Crippen LogP contribution >= 0.6 is 0 Å². The number of esters is 1. The molecule has 0 saturated heterocycles. The van der Waals surface area contributed by atoms with Gasteiger partial charge in [-0.3, -0.25) is 4.74 Å². The predicted octanol–water partition coefficient (Wildman–Crippen LogP) is 5.92. The van der Waals surface area contributed by atoms with Gasteiger partial charge in [0, 0.05) is 0 Å². The Hall–Kier alpha value is -2.01. The molecule has 204 valence electrons. The fourth-order valence-electron chi connectivity index (χ4n) is 1.25. The van der Waals surface area contributed by atoms with Crippen LogP contribution in [0.5, 0.6) is 0 Å². The van der Waals surface area contributed by atoms with Gasteiger partial charge in [0.05, 0.1) is 0 Å². The summed E-state index contributed by atoms with van der Waals surface area (Å²) in [6, 6.07) is 0. The quantitative estimate of drug-likeness (QED) is 0.272. The average molecular weight is 564 g/mol. The highest BCUT2D eigenvalue weighted by atomic mass is 19.4. The zero-order valence-corrected chi connectivity index (χ0v) is 14.2. The van der Waals surface area contributed by atoms with Crippen LogP contribution < -0.4 is 0 Å². The molecule has 0 bridgehead atoms. The van der Waals surface area contributed by atoms with Crippen LogP contribution in [0, 0.1) is 0 Å². The molecule has 0 rings (SSSR count). The summed E-state index contributed by atoms with van der Waals surface area (Å²) in [5, 5.41) is 0. The van der Waals surface area contributed by atoms with E-state index in [4.69, 9.17) is 0 Å². The SMILES string of the molecule is O=C(OC(F)(F)C(F)(F)C(F)(F)OC(F)(F)F)C(F)(OC(F)(F)C(F)(F)C(F)(F)F)C(F)(F)F. The third-order valence-corrected chi connectivity index (χ3v) is 2.81. The maximum atomic E-state index is 13.6. The van der Waals surface area contributed by atoms with Gasteiger partial charge in [0.1, 0.15) is 0 Å². The molecule has 0 N–H and O–H groups in total. The maximum Gasteiger partial charge on any atom is 0.527 e. The smallest absolute Gasteiger partial charge is 0.391 e. The number of carbonyl (C=O) groups excluding carboxylic acids is 1. The Bertz CT molecular complexity index is 746. The highest BCUT2D eigenvalue weighted by Gasteiger charge is 2.83. The van der Waals surface area contributed by atoms with E-state index in [9.17, 15) is 92.6 Å². The molecule has 1 atom stereocenters. The van der Waals surface area contributed by atoms with Crippen molar-refractivity contribution in [3.8, 4) is 0 Å². The summed E-state index contributed by atoms with van der Waals surface area (Å²) in [6.45, 7) is 0. The average Bonchev–Trinajstić information content (AvgIpc) is 2.48. The summed E-state index contributed by atoms with van der Waals surface area (Å²) in [7, 11) is 0. The highest BCUT2D eigenvalue weighted by Crippen LogP contribution is 2.53. The van der Waals surface area contributed by atoms with Crippen molar-refractivity contribution in [2.75, 3.05) is 0 Å². The molecule has 1 unspecified atom stereocenters. The van der Waals surface area contributed by atoms with E-state index in [1.165, 1.54) is 14.2 Å². The molecule has 0 heterocycles. The molecule has 0 aliphatic heterocycles. The zero-order chi connectivity index (χ0) is 28.2. The Labute approximate surface area is 169 Å². The minimum absolute atomic E-state index is 1.23. The number of ether oxygens (including phenoxy) is 3. The second kappa shape index (κ2) is 8.29. The first kappa shape index (κ1) is 32.0. The third kappa shape index (κ3) is 5.79. The van der Waals surface area contributed by atoms with Gasteiger partial charge in [-0.1, -0.05) is 0 Å². The van der Waals surface area contributed by atoms with Crippen molar-refractivity contribution in [1.82, 2.24) is 0 Å². The topological polar surface area (TPSA) is 44.8 Å². The number of hydrogen-bond acceptors (Lipinski definition) is 4. The number of rotatable bonds is 8. The molecule has 0 radical (unpaired) electrons. The van der Waals surface area contributed by atoms with Gasteiger partial charge in [0.15, 0.2) is 0 Å². The first-order chi connectivity index (χ1) is 14.3. The summed E-state index contributed by atoms with van der Waals surface area (Å²) in [6.07, 6.45) is -45.6. The van der Waals surface area contributed by atoms with Gasteiger partial charge >= 0.3 is 60.7 Å². The van der Waals surface area contributed by atoms with Crippen LogP contribution in [-0.4, -0.2) is 60.7 Å². The molecule has 0 fully saturated rings. The summed E-state index contributed by atoms with van der Waals surface area (Å²) >= 11 is 0. The van der Waals surface area contributed by atoms with Crippen molar-refractivity contribution >= 4 is 5.97 Å². The van der Waals surface area contributed by atoms with Gasteiger partial charge in [0.2, 0.25) is 0 Å². The van der Waals surface area contributed by atoms with Crippen molar-refractivity contribution in [1.29, 1.82) is 0 Å². The largest absolute Gasteiger partial charge is 0.527 e. The number of alkyl halides is 20. The van der Waals surface area contributed by atoms with Gasteiger partial charge in [0.25, 0.3) is 0 Å². The summed E-state index contributed by atoms with van der Waals surface area (Å²) in [5.74, 6) is -28.6.